The Balaban J connectivity index is 1.34. The molecule has 0 spiro atoms. The fourth-order valence-corrected chi connectivity index (χ4v) is 6.61. The highest BCUT2D eigenvalue weighted by Gasteiger charge is 2.66. The van der Waals surface area contributed by atoms with Gasteiger partial charge in [-0.15, -0.1) is 0 Å². The van der Waals surface area contributed by atoms with Crippen LogP contribution in [0.25, 0.3) is 0 Å². The number of hydrogen-bond donors (Lipinski definition) is 0. The second kappa shape index (κ2) is 7.84. The van der Waals surface area contributed by atoms with Gasteiger partial charge in [0.05, 0.1) is 16.8 Å². The minimum absolute atomic E-state index is 0.0468. The number of halogens is 2. The van der Waals surface area contributed by atoms with Gasteiger partial charge in [-0.05, 0) is 30.4 Å². The van der Waals surface area contributed by atoms with Crippen LogP contribution in [-0.4, -0.2) is 56.2 Å². The Morgan fingerprint density at radius 1 is 1.07 bits per heavy atom. The number of ketones is 1. The summed E-state index contributed by atoms with van der Waals surface area (Å²) in [6.45, 7) is -1.12. The average Bonchev–Trinajstić information content (AvgIpc) is 3.33. The second-order valence-corrected chi connectivity index (χ2v) is 9.77. The Labute approximate surface area is 187 Å². The summed E-state index contributed by atoms with van der Waals surface area (Å²) in [6.07, 6.45) is 0.792. The van der Waals surface area contributed by atoms with E-state index in [4.69, 9.17) is 4.74 Å². The zero-order chi connectivity index (χ0) is 21.7. The average molecular weight is 544 g/mol. The van der Waals surface area contributed by atoms with E-state index in [-0.39, 0.29) is 44.6 Å². The van der Waals surface area contributed by atoms with E-state index in [9.17, 15) is 29.3 Å². The van der Waals surface area contributed by atoms with Crippen molar-refractivity contribution in [3.8, 4) is 0 Å². The van der Waals surface area contributed by atoms with Crippen molar-refractivity contribution in [1.82, 2.24) is 4.90 Å². The first kappa shape index (κ1) is 21.1. The van der Waals surface area contributed by atoms with Crippen molar-refractivity contribution >= 4 is 61.1 Å². The van der Waals surface area contributed by atoms with Crippen molar-refractivity contribution in [2.75, 3.05) is 13.2 Å². The van der Waals surface area contributed by atoms with Crippen LogP contribution in [0.3, 0.4) is 0 Å². The van der Waals surface area contributed by atoms with Gasteiger partial charge in [-0.3, -0.25) is 34.2 Å². The van der Waals surface area contributed by atoms with Crippen LogP contribution in [0.1, 0.15) is 16.8 Å². The third-order valence-corrected chi connectivity index (χ3v) is 9.34. The highest BCUT2D eigenvalue weighted by atomic mass is 79.9. The lowest BCUT2D eigenvalue weighted by atomic mass is 9.81. The molecule has 2 saturated carbocycles. The molecule has 3 aliphatic rings. The fourth-order valence-electron chi connectivity index (χ4n) is 4.74. The molecule has 4 rings (SSSR count). The molecule has 0 radical (unpaired) electrons. The number of amides is 2. The number of non-ortho nitro benzene ring substituents is 1. The van der Waals surface area contributed by atoms with Gasteiger partial charge in [0.25, 0.3) is 5.69 Å². The number of likely N-dealkylation sites (tertiary alicyclic amines) is 1. The maximum absolute atomic E-state index is 12.8. The first-order valence-corrected chi connectivity index (χ1v) is 11.1. The van der Waals surface area contributed by atoms with Gasteiger partial charge in [-0.25, -0.2) is 0 Å². The number of carbonyl (C=O) groups is 4. The summed E-state index contributed by atoms with van der Waals surface area (Å²) in [5, 5.41) is 10.7. The van der Waals surface area contributed by atoms with Crippen molar-refractivity contribution in [1.29, 1.82) is 0 Å². The highest BCUT2D eigenvalue weighted by Crippen LogP contribution is 2.60. The number of fused-ring (bicyclic) bond motifs is 5. The van der Waals surface area contributed by atoms with Crippen LogP contribution < -0.4 is 0 Å². The van der Waals surface area contributed by atoms with E-state index in [0.29, 0.717) is 0 Å². The molecule has 2 bridgehead atoms. The molecule has 1 aliphatic heterocycles. The first-order chi connectivity index (χ1) is 14.2. The number of esters is 1. The number of rotatable bonds is 6. The molecule has 1 aromatic carbocycles. The van der Waals surface area contributed by atoms with Gasteiger partial charge < -0.3 is 4.74 Å². The summed E-state index contributed by atoms with van der Waals surface area (Å²) in [5.74, 6) is -2.87. The van der Waals surface area contributed by atoms with Gasteiger partial charge in [0.15, 0.2) is 12.4 Å². The van der Waals surface area contributed by atoms with E-state index in [1.165, 1.54) is 24.3 Å². The molecule has 2 amide bonds. The van der Waals surface area contributed by atoms with Gasteiger partial charge in [0.2, 0.25) is 11.8 Å². The minimum atomic E-state index is -0.856. The lowest BCUT2D eigenvalue weighted by Crippen LogP contribution is -2.38. The number of hydrogen-bond acceptors (Lipinski definition) is 7. The lowest BCUT2D eigenvalue weighted by Gasteiger charge is -2.28. The molecular formula is C19H16Br2N2O7. The smallest absolute Gasteiger partial charge is 0.326 e. The Bertz CT molecular complexity index is 919. The number of nitrogens with zero attached hydrogens (tertiary/aromatic N) is 2. The molecule has 9 nitrogen and oxygen atoms in total. The number of alkyl halides is 2. The molecule has 11 heteroatoms. The van der Waals surface area contributed by atoms with E-state index in [1.54, 1.807) is 0 Å². The molecule has 1 aromatic rings. The normalized spacial score (nSPS) is 31.7. The fraction of sp³-hybridized carbons (Fsp3) is 0.474. The third-order valence-electron chi connectivity index (χ3n) is 6.13. The van der Waals surface area contributed by atoms with Crippen LogP contribution in [0.2, 0.25) is 0 Å². The molecular weight excluding hydrogens is 528 g/mol. The van der Waals surface area contributed by atoms with Crippen molar-refractivity contribution < 1.29 is 28.8 Å². The number of benzene rings is 1. The zero-order valence-electron chi connectivity index (χ0n) is 15.4. The Hall–Kier alpha value is -2.14. The quantitative estimate of drug-likeness (QED) is 0.134. The predicted octanol–water partition coefficient (Wildman–Crippen LogP) is 2.10. The largest absolute Gasteiger partial charge is 0.456 e. The van der Waals surface area contributed by atoms with Gasteiger partial charge in [-0.1, -0.05) is 31.9 Å². The predicted molar refractivity (Wildman–Crippen MR) is 109 cm³/mol. The Morgan fingerprint density at radius 3 is 2.10 bits per heavy atom. The van der Waals surface area contributed by atoms with Crippen molar-refractivity contribution in [3.05, 3.63) is 39.9 Å². The minimum Gasteiger partial charge on any atom is -0.456 e. The highest BCUT2D eigenvalue weighted by molar-refractivity contribution is 9.12. The number of imide groups is 1. The van der Waals surface area contributed by atoms with E-state index < -0.39 is 41.7 Å². The number of nitro groups is 1. The summed E-state index contributed by atoms with van der Waals surface area (Å²) in [5.41, 5.74) is -0.00915. The monoisotopic (exact) mass is 542 g/mol. The van der Waals surface area contributed by atoms with Crippen LogP contribution in [0.15, 0.2) is 24.3 Å². The van der Waals surface area contributed by atoms with Crippen LogP contribution >= 0.6 is 31.9 Å². The molecule has 6 atom stereocenters. The summed E-state index contributed by atoms with van der Waals surface area (Å²) >= 11 is 7.19. The van der Waals surface area contributed by atoms with Gasteiger partial charge in [0.1, 0.15) is 6.54 Å². The molecule has 2 aliphatic carbocycles. The standard InChI is InChI=1S/C19H16Br2N2O7/c20-16-10-5-11(17(16)21)15-14(10)18(26)22(19(15)27)6-13(25)30-7-12(24)8-1-3-9(4-2-8)23(28)29/h1-4,10-11,14-17H,5-7H2/t10-,11-,14-,15+,16-,17+/m1/s1. The molecule has 30 heavy (non-hydrogen) atoms. The Kier molecular flexibility index (Phi) is 5.52. The molecule has 1 heterocycles. The second-order valence-electron chi connectivity index (χ2n) is 7.65. The lowest BCUT2D eigenvalue weighted by molar-refractivity contribution is -0.384. The van der Waals surface area contributed by atoms with Crippen LogP contribution in [-0.2, 0) is 19.1 Å². The van der Waals surface area contributed by atoms with E-state index >= 15 is 0 Å². The molecule has 0 N–H and O–H groups in total. The number of Topliss-reactive ketones (excluding diaryl/α,β-unsaturated/α-hetero) is 1. The van der Waals surface area contributed by atoms with Crippen LogP contribution in [0.4, 0.5) is 5.69 Å². The van der Waals surface area contributed by atoms with Crippen LogP contribution in [0.5, 0.6) is 0 Å². The molecule has 158 valence electrons. The summed E-state index contributed by atoms with van der Waals surface area (Å²) < 4.78 is 4.94. The molecule has 0 unspecified atom stereocenters. The summed E-state index contributed by atoms with van der Waals surface area (Å²) in [6, 6.07) is 4.90. The van der Waals surface area contributed by atoms with Gasteiger partial charge in [0, 0.05) is 27.4 Å². The van der Waals surface area contributed by atoms with E-state index in [2.05, 4.69) is 31.9 Å². The number of ether oxygens (including phenoxy) is 1. The topological polar surface area (TPSA) is 124 Å². The Morgan fingerprint density at radius 2 is 1.60 bits per heavy atom. The molecule has 0 aromatic heterocycles. The van der Waals surface area contributed by atoms with E-state index in [0.717, 1.165) is 11.3 Å². The SMILES string of the molecule is O=C(CN1C(=O)[C@@H]2[C@H]3C[C@@H]([C@H](Br)[C@@H]3Br)[C@@H]2C1=O)OCC(=O)c1ccc([N+](=O)[O-])cc1. The molecule has 3 fully saturated rings. The third kappa shape index (κ3) is 3.37. The summed E-state index contributed by atoms with van der Waals surface area (Å²) in [4.78, 5) is 61.0. The van der Waals surface area contributed by atoms with Crippen LogP contribution in [0, 0.1) is 33.8 Å². The maximum atomic E-state index is 12.8. The van der Waals surface area contributed by atoms with Gasteiger partial charge >= 0.3 is 5.97 Å². The van der Waals surface area contributed by atoms with E-state index in [1.807, 2.05) is 0 Å². The first-order valence-electron chi connectivity index (χ1n) is 9.27. The van der Waals surface area contributed by atoms with Crippen molar-refractivity contribution in [2.45, 2.75) is 16.1 Å². The molecule has 1 saturated heterocycles. The maximum Gasteiger partial charge on any atom is 0.326 e. The van der Waals surface area contributed by atoms with Crippen molar-refractivity contribution in [3.63, 3.8) is 0 Å². The number of nitro benzene ring substituents is 1. The van der Waals surface area contributed by atoms with Crippen molar-refractivity contribution in [2.24, 2.45) is 23.7 Å². The summed E-state index contributed by atoms with van der Waals surface area (Å²) in [7, 11) is 0. The van der Waals surface area contributed by atoms with Gasteiger partial charge in [-0.2, -0.15) is 0 Å². The zero-order valence-corrected chi connectivity index (χ0v) is 18.6. The number of carbonyl (C=O) groups excluding carboxylic acids is 4.